The molecule has 1 aromatic rings. The summed E-state index contributed by atoms with van der Waals surface area (Å²) in [6, 6.07) is 2.67. The Labute approximate surface area is 107 Å². The Morgan fingerprint density at radius 3 is 2.94 bits per heavy atom. The molecule has 0 saturated heterocycles. The summed E-state index contributed by atoms with van der Waals surface area (Å²) in [7, 11) is 0. The lowest BCUT2D eigenvalue weighted by Gasteiger charge is -2.11. The van der Waals surface area contributed by atoms with E-state index in [1.807, 2.05) is 0 Å². The maximum absolute atomic E-state index is 11.6. The first-order valence-corrected chi connectivity index (χ1v) is 7.30. The number of hydrogen-bond acceptors (Lipinski definition) is 3. The Kier molecular flexibility index (Phi) is 5.01. The molecule has 3 nitrogen and oxygen atoms in total. The van der Waals surface area contributed by atoms with Crippen molar-refractivity contribution < 1.29 is 4.79 Å². The molecule has 1 aliphatic rings. The highest BCUT2D eigenvalue weighted by Crippen LogP contribution is 2.17. The Morgan fingerprint density at radius 1 is 1.41 bits per heavy atom. The molecule has 94 valence electrons. The number of nitrogens with one attached hydrogen (secondary N) is 2. The summed E-state index contributed by atoms with van der Waals surface area (Å²) < 4.78 is 0. The summed E-state index contributed by atoms with van der Waals surface area (Å²) in [4.78, 5) is 11.6. The summed E-state index contributed by atoms with van der Waals surface area (Å²) in [5.74, 6) is 0.118. The Morgan fingerprint density at radius 2 is 2.24 bits per heavy atom. The van der Waals surface area contributed by atoms with Crippen molar-refractivity contribution in [1.82, 2.24) is 10.6 Å². The third kappa shape index (κ3) is 4.48. The zero-order chi connectivity index (χ0) is 11.9. The van der Waals surface area contributed by atoms with Gasteiger partial charge in [0.1, 0.15) is 0 Å². The lowest BCUT2D eigenvalue weighted by atomic mass is 10.2. The minimum absolute atomic E-state index is 0.118. The van der Waals surface area contributed by atoms with Gasteiger partial charge in [0, 0.05) is 12.6 Å². The van der Waals surface area contributed by atoms with Gasteiger partial charge in [-0.25, -0.2) is 0 Å². The average Bonchev–Trinajstić information content (AvgIpc) is 2.99. The fraction of sp³-hybridized carbons (Fsp3) is 0.615. The van der Waals surface area contributed by atoms with Gasteiger partial charge in [-0.1, -0.05) is 12.8 Å². The number of amides is 1. The van der Waals surface area contributed by atoms with Gasteiger partial charge < -0.3 is 10.6 Å². The van der Waals surface area contributed by atoms with Crippen molar-refractivity contribution in [2.24, 2.45) is 0 Å². The quantitative estimate of drug-likeness (QED) is 0.812. The van der Waals surface area contributed by atoms with Crippen molar-refractivity contribution in [3.63, 3.8) is 0 Å². The van der Waals surface area contributed by atoms with Crippen molar-refractivity contribution in [3.05, 3.63) is 22.4 Å². The van der Waals surface area contributed by atoms with Crippen LogP contribution in [-0.4, -0.2) is 25.0 Å². The SMILES string of the molecule is O=C(CNC1CCCC1)NCCc1ccsc1. The van der Waals surface area contributed by atoms with E-state index in [0.29, 0.717) is 12.6 Å². The van der Waals surface area contributed by atoms with Crippen molar-refractivity contribution in [1.29, 1.82) is 0 Å². The molecule has 2 N–H and O–H groups in total. The second kappa shape index (κ2) is 6.77. The van der Waals surface area contributed by atoms with Crippen LogP contribution in [0.15, 0.2) is 16.8 Å². The highest BCUT2D eigenvalue weighted by molar-refractivity contribution is 7.07. The lowest BCUT2D eigenvalue weighted by molar-refractivity contribution is -0.120. The summed E-state index contributed by atoms with van der Waals surface area (Å²) >= 11 is 1.70. The van der Waals surface area contributed by atoms with Crippen molar-refractivity contribution >= 4 is 17.2 Å². The van der Waals surface area contributed by atoms with Crippen LogP contribution in [0.2, 0.25) is 0 Å². The van der Waals surface area contributed by atoms with E-state index >= 15 is 0 Å². The molecule has 0 spiro atoms. The molecule has 2 rings (SSSR count). The monoisotopic (exact) mass is 252 g/mol. The first-order valence-electron chi connectivity index (χ1n) is 6.36. The van der Waals surface area contributed by atoms with Crippen LogP contribution in [0.3, 0.4) is 0 Å². The highest BCUT2D eigenvalue weighted by Gasteiger charge is 2.14. The largest absolute Gasteiger partial charge is 0.355 e. The normalized spacial score (nSPS) is 16.2. The van der Waals surface area contributed by atoms with E-state index in [2.05, 4.69) is 27.5 Å². The second-order valence-corrected chi connectivity index (χ2v) is 5.37. The van der Waals surface area contributed by atoms with Crippen LogP contribution in [0.25, 0.3) is 0 Å². The predicted octanol–water partition coefficient (Wildman–Crippen LogP) is 1.94. The average molecular weight is 252 g/mol. The molecule has 1 heterocycles. The van der Waals surface area contributed by atoms with Gasteiger partial charge >= 0.3 is 0 Å². The molecule has 0 radical (unpaired) electrons. The summed E-state index contributed by atoms with van der Waals surface area (Å²) in [6.45, 7) is 1.20. The van der Waals surface area contributed by atoms with Crippen LogP contribution in [-0.2, 0) is 11.2 Å². The van der Waals surface area contributed by atoms with Gasteiger partial charge in [0.2, 0.25) is 5.91 Å². The third-order valence-electron chi connectivity index (χ3n) is 3.22. The molecule has 0 aromatic carbocycles. The van der Waals surface area contributed by atoms with E-state index < -0.39 is 0 Å². The first-order chi connectivity index (χ1) is 8.34. The molecular formula is C13H20N2OS. The minimum atomic E-state index is 0.118. The predicted molar refractivity (Wildman–Crippen MR) is 71.3 cm³/mol. The molecule has 0 unspecified atom stereocenters. The molecule has 0 aliphatic heterocycles. The number of rotatable bonds is 6. The van der Waals surface area contributed by atoms with E-state index in [1.165, 1.54) is 31.2 Å². The molecule has 17 heavy (non-hydrogen) atoms. The van der Waals surface area contributed by atoms with Crippen LogP contribution in [0.1, 0.15) is 31.2 Å². The maximum Gasteiger partial charge on any atom is 0.233 e. The standard InChI is InChI=1S/C13H20N2OS/c16-13(9-15-12-3-1-2-4-12)14-7-5-11-6-8-17-10-11/h6,8,10,12,15H,1-5,7,9H2,(H,14,16). The lowest BCUT2D eigenvalue weighted by Crippen LogP contribution is -2.38. The van der Waals surface area contributed by atoms with Gasteiger partial charge in [0.25, 0.3) is 0 Å². The van der Waals surface area contributed by atoms with Gasteiger partial charge in [-0.2, -0.15) is 11.3 Å². The van der Waals surface area contributed by atoms with E-state index in [1.54, 1.807) is 11.3 Å². The smallest absolute Gasteiger partial charge is 0.233 e. The first kappa shape index (κ1) is 12.6. The Bertz CT molecular complexity index is 331. The van der Waals surface area contributed by atoms with Crippen molar-refractivity contribution in [3.8, 4) is 0 Å². The van der Waals surface area contributed by atoms with Crippen LogP contribution in [0.5, 0.6) is 0 Å². The molecule has 4 heteroatoms. The van der Waals surface area contributed by atoms with Gasteiger partial charge in [0.05, 0.1) is 6.54 Å². The van der Waals surface area contributed by atoms with Crippen molar-refractivity contribution in [2.75, 3.05) is 13.1 Å². The Balaban J connectivity index is 1.54. The molecule has 1 aromatic heterocycles. The van der Waals surface area contributed by atoms with E-state index in [9.17, 15) is 4.79 Å². The minimum Gasteiger partial charge on any atom is -0.355 e. The highest BCUT2D eigenvalue weighted by atomic mass is 32.1. The number of carbonyl (C=O) groups is 1. The van der Waals surface area contributed by atoms with E-state index in [0.717, 1.165) is 13.0 Å². The molecule has 0 atom stereocenters. The molecule has 1 saturated carbocycles. The summed E-state index contributed by atoms with van der Waals surface area (Å²) in [6.07, 6.45) is 5.98. The summed E-state index contributed by atoms with van der Waals surface area (Å²) in [5.41, 5.74) is 1.30. The number of thiophene rings is 1. The fourth-order valence-electron chi connectivity index (χ4n) is 2.21. The Hall–Kier alpha value is -0.870. The van der Waals surface area contributed by atoms with Crippen LogP contribution in [0, 0.1) is 0 Å². The second-order valence-electron chi connectivity index (χ2n) is 4.59. The third-order valence-corrected chi connectivity index (χ3v) is 3.95. The van der Waals surface area contributed by atoms with E-state index in [-0.39, 0.29) is 5.91 Å². The van der Waals surface area contributed by atoms with E-state index in [4.69, 9.17) is 0 Å². The summed E-state index contributed by atoms with van der Waals surface area (Å²) in [5, 5.41) is 10.5. The number of carbonyl (C=O) groups excluding carboxylic acids is 1. The zero-order valence-electron chi connectivity index (χ0n) is 10.1. The fourth-order valence-corrected chi connectivity index (χ4v) is 2.91. The van der Waals surface area contributed by atoms with Crippen LogP contribution >= 0.6 is 11.3 Å². The molecular weight excluding hydrogens is 232 g/mol. The van der Waals surface area contributed by atoms with Gasteiger partial charge in [-0.15, -0.1) is 0 Å². The van der Waals surface area contributed by atoms with Gasteiger partial charge in [-0.05, 0) is 41.7 Å². The molecule has 0 bridgehead atoms. The van der Waals surface area contributed by atoms with Crippen LogP contribution in [0.4, 0.5) is 0 Å². The van der Waals surface area contributed by atoms with Gasteiger partial charge in [0.15, 0.2) is 0 Å². The molecule has 1 amide bonds. The van der Waals surface area contributed by atoms with Crippen molar-refractivity contribution in [2.45, 2.75) is 38.1 Å². The maximum atomic E-state index is 11.6. The molecule has 1 fully saturated rings. The number of hydrogen-bond donors (Lipinski definition) is 2. The molecule has 1 aliphatic carbocycles. The topological polar surface area (TPSA) is 41.1 Å². The van der Waals surface area contributed by atoms with Crippen LogP contribution < -0.4 is 10.6 Å². The van der Waals surface area contributed by atoms with Gasteiger partial charge in [-0.3, -0.25) is 4.79 Å². The zero-order valence-corrected chi connectivity index (χ0v) is 10.9.